The van der Waals surface area contributed by atoms with Crippen LogP contribution in [0.3, 0.4) is 0 Å². The average molecular weight is 371 g/mol. The van der Waals surface area contributed by atoms with Crippen molar-refractivity contribution in [1.29, 1.82) is 0 Å². The Labute approximate surface area is 158 Å². The second kappa shape index (κ2) is 9.09. The van der Waals surface area contributed by atoms with Crippen LogP contribution in [0.2, 0.25) is 0 Å². The molecule has 2 aromatic rings. The van der Waals surface area contributed by atoms with E-state index in [1.165, 1.54) is 10.6 Å². The lowest BCUT2D eigenvalue weighted by molar-refractivity contribution is -0.385. The number of anilines is 1. The van der Waals surface area contributed by atoms with Crippen LogP contribution in [0.4, 0.5) is 11.5 Å². The quantitative estimate of drug-likeness (QED) is 0.392. The summed E-state index contributed by atoms with van der Waals surface area (Å²) in [5.74, 6) is 0.247. The number of nitro groups is 1. The van der Waals surface area contributed by atoms with Crippen LogP contribution in [0.25, 0.3) is 5.65 Å². The highest BCUT2D eigenvalue weighted by Gasteiger charge is 2.26. The predicted molar refractivity (Wildman–Crippen MR) is 107 cm³/mol. The van der Waals surface area contributed by atoms with Crippen molar-refractivity contribution in [3.8, 4) is 0 Å². The highest BCUT2D eigenvalue weighted by Crippen LogP contribution is 2.20. The molecule has 1 N–H and O–H groups in total. The maximum absolute atomic E-state index is 12.5. The molecule has 144 valence electrons. The third-order valence-electron chi connectivity index (χ3n) is 4.34. The molecule has 2 aromatic heterocycles. The lowest BCUT2D eigenvalue weighted by atomic mass is 10.0. The van der Waals surface area contributed by atoms with E-state index in [0.29, 0.717) is 25.3 Å². The van der Waals surface area contributed by atoms with Gasteiger partial charge in [0.25, 0.3) is 0 Å². The van der Waals surface area contributed by atoms with Gasteiger partial charge in [0.15, 0.2) is 0 Å². The summed E-state index contributed by atoms with van der Waals surface area (Å²) < 4.78 is 1.17. The third kappa shape index (κ3) is 4.59. The lowest BCUT2D eigenvalue weighted by Gasteiger charge is -2.33. The van der Waals surface area contributed by atoms with E-state index in [2.05, 4.69) is 42.2 Å². The Morgan fingerprint density at radius 3 is 2.56 bits per heavy atom. The molecule has 0 unspecified atom stereocenters. The standard InChI is InChI=1S/C19H25N5O3/c1-5-10-22(11-6-2)15(14(3)4)13-20-18-17(24(26)27)19(25)23-12-8-7-9-16(23)21-18/h5-9,12,14-15,20H,1-2,10-11,13H2,3-4H3/t15-/m0/s1. The minimum Gasteiger partial charge on any atom is -0.363 e. The van der Waals surface area contributed by atoms with Crippen LogP contribution in [0.15, 0.2) is 54.5 Å². The van der Waals surface area contributed by atoms with Gasteiger partial charge in [-0.25, -0.2) is 4.98 Å². The number of rotatable bonds is 10. The van der Waals surface area contributed by atoms with Gasteiger partial charge in [0, 0.05) is 31.9 Å². The van der Waals surface area contributed by atoms with E-state index in [9.17, 15) is 14.9 Å². The van der Waals surface area contributed by atoms with Crippen molar-refractivity contribution in [3.05, 3.63) is 70.2 Å². The third-order valence-corrected chi connectivity index (χ3v) is 4.34. The second-order valence-electron chi connectivity index (χ2n) is 6.52. The molecule has 27 heavy (non-hydrogen) atoms. The van der Waals surface area contributed by atoms with Gasteiger partial charge in [-0.05, 0) is 18.1 Å². The van der Waals surface area contributed by atoms with Crippen LogP contribution < -0.4 is 10.9 Å². The number of hydrogen-bond acceptors (Lipinski definition) is 6. The summed E-state index contributed by atoms with van der Waals surface area (Å²) in [5, 5.41) is 14.5. The van der Waals surface area contributed by atoms with Crippen LogP contribution in [0, 0.1) is 16.0 Å². The summed E-state index contributed by atoms with van der Waals surface area (Å²) in [7, 11) is 0. The molecule has 1 atom stereocenters. The van der Waals surface area contributed by atoms with E-state index in [-0.39, 0.29) is 17.8 Å². The first-order valence-corrected chi connectivity index (χ1v) is 8.76. The molecule has 8 nitrogen and oxygen atoms in total. The van der Waals surface area contributed by atoms with Crippen LogP contribution in [-0.2, 0) is 0 Å². The highest BCUT2D eigenvalue weighted by atomic mass is 16.6. The molecule has 2 rings (SSSR count). The van der Waals surface area contributed by atoms with E-state index in [1.807, 2.05) is 12.2 Å². The zero-order chi connectivity index (χ0) is 20.0. The van der Waals surface area contributed by atoms with Gasteiger partial charge < -0.3 is 5.32 Å². The SMILES string of the molecule is C=CCN(CC=C)[C@@H](CNc1nc2ccccn2c(=O)c1[N+](=O)[O-])C(C)C. The van der Waals surface area contributed by atoms with Crippen molar-refractivity contribution in [2.24, 2.45) is 5.92 Å². The van der Waals surface area contributed by atoms with E-state index < -0.39 is 16.2 Å². The van der Waals surface area contributed by atoms with E-state index in [0.717, 1.165) is 0 Å². The predicted octanol–water partition coefficient (Wildman–Crippen LogP) is 2.71. The first-order valence-electron chi connectivity index (χ1n) is 8.76. The van der Waals surface area contributed by atoms with Gasteiger partial charge in [0.05, 0.1) is 4.92 Å². The van der Waals surface area contributed by atoms with Gasteiger partial charge in [-0.3, -0.25) is 24.2 Å². The number of pyridine rings is 1. The molecule has 0 spiro atoms. The first kappa shape index (κ1) is 20.3. The monoisotopic (exact) mass is 371 g/mol. The zero-order valence-corrected chi connectivity index (χ0v) is 15.7. The highest BCUT2D eigenvalue weighted by molar-refractivity contribution is 5.59. The Hall–Kier alpha value is -3.00. The smallest absolute Gasteiger partial charge is 0.363 e. The largest absolute Gasteiger partial charge is 0.376 e. The fourth-order valence-electron chi connectivity index (χ4n) is 3.03. The minimum absolute atomic E-state index is 0.0148. The van der Waals surface area contributed by atoms with Crippen LogP contribution in [-0.4, -0.2) is 44.9 Å². The van der Waals surface area contributed by atoms with E-state index in [1.54, 1.807) is 18.2 Å². The summed E-state index contributed by atoms with van der Waals surface area (Å²) in [6, 6.07) is 5.04. The molecule has 0 fully saturated rings. The molecule has 0 radical (unpaired) electrons. The topological polar surface area (TPSA) is 92.8 Å². The molecule has 0 saturated heterocycles. The molecule has 0 saturated carbocycles. The molecule has 0 amide bonds. The number of nitrogens with zero attached hydrogens (tertiary/aromatic N) is 4. The Kier molecular flexibility index (Phi) is 6.84. The number of nitrogens with one attached hydrogen (secondary N) is 1. The van der Waals surface area contributed by atoms with Crippen molar-refractivity contribution in [2.45, 2.75) is 19.9 Å². The number of hydrogen-bond donors (Lipinski definition) is 1. The van der Waals surface area contributed by atoms with Crippen molar-refractivity contribution < 1.29 is 4.92 Å². The van der Waals surface area contributed by atoms with Gasteiger partial charge >= 0.3 is 11.2 Å². The van der Waals surface area contributed by atoms with Crippen LogP contribution >= 0.6 is 0 Å². The zero-order valence-electron chi connectivity index (χ0n) is 15.7. The van der Waals surface area contributed by atoms with Gasteiger partial charge in [0.2, 0.25) is 5.82 Å². The molecule has 0 aliphatic carbocycles. The van der Waals surface area contributed by atoms with Gasteiger partial charge in [-0.15, -0.1) is 13.2 Å². The normalized spacial score (nSPS) is 12.3. The van der Waals surface area contributed by atoms with Crippen molar-refractivity contribution in [3.63, 3.8) is 0 Å². The van der Waals surface area contributed by atoms with Crippen molar-refractivity contribution >= 4 is 17.2 Å². The van der Waals surface area contributed by atoms with E-state index >= 15 is 0 Å². The average Bonchev–Trinajstić information content (AvgIpc) is 2.61. The van der Waals surface area contributed by atoms with Crippen LogP contribution in [0.1, 0.15) is 13.8 Å². The Morgan fingerprint density at radius 1 is 1.33 bits per heavy atom. The lowest BCUT2D eigenvalue weighted by Crippen LogP contribution is -2.44. The Bertz CT molecular complexity index is 881. The first-order chi connectivity index (χ1) is 12.9. The number of fused-ring (bicyclic) bond motifs is 1. The molecular weight excluding hydrogens is 346 g/mol. The maximum Gasteiger partial charge on any atom is 0.376 e. The molecule has 0 aliphatic rings. The Morgan fingerprint density at radius 2 is 2.00 bits per heavy atom. The fourth-order valence-corrected chi connectivity index (χ4v) is 3.03. The minimum atomic E-state index is -0.705. The summed E-state index contributed by atoms with van der Waals surface area (Å²) in [6.07, 6.45) is 5.08. The molecule has 8 heteroatoms. The molecule has 0 aliphatic heterocycles. The fraction of sp³-hybridized carbons (Fsp3) is 0.368. The second-order valence-corrected chi connectivity index (χ2v) is 6.52. The van der Waals surface area contributed by atoms with Crippen molar-refractivity contribution in [1.82, 2.24) is 14.3 Å². The van der Waals surface area contributed by atoms with Gasteiger partial charge in [0.1, 0.15) is 5.65 Å². The van der Waals surface area contributed by atoms with E-state index in [4.69, 9.17) is 0 Å². The van der Waals surface area contributed by atoms with Gasteiger partial charge in [-0.2, -0.15) is 0 Å². The van der Waals surface area contributed by atoms with Gasteiger partial charge in [-0.1, -0.05) is 32.1 Å². The molecule has 0 aromatic carbocycles. The summed E-state index contributed by atoms with van der Waals surface area (Å²) in [5.41, 5.74) is -0.908. The summed E-state index contributed by atoms with van der Waals surface area (Å²) in [4.78, 5) is 29.8. The number of aromatic nitrogens is 2. The Balaban J connectivity index is 2.39. The summed E-state index contributed by atoms with van der Waals surface area (Å²) >= 11 is 0. The molecule has 2 heterocycles. The maximum atomic E-state index is 12.5. The molecular formula is C19H25N5O3. The van der Waals surface area contributed by atoms with Crippen LogP contribution in [0.5, 0.6) is 0 Å². The molecule has 0 bridgehead atoms. The van der Waals surface area contributed by atoms with Crippen molar-refractivity contribution in [2.75, 3.05) is 25.0 Å². The summed E-state index contributed by atoms with van der Waals surface area (Å²) in [6.45, 7) is 13.4.